The number of thiazole rings is 1. The summed E-state index contributed by atoms with van der Waals surface area (Å²) in [5.41, 5.74) is 2.05. The Morgan fingerprint density at radius 1 is 1.25 bits per heavy atom. The molecule has 2 atom stereocenters. The third-order valence-corrected chi connectivity index (χ3v) is 5.74. The molecule has 2 unspecified atom stereocenters. The molecular weight excluding hydrogens is 320 g/mol. The number of carbonyl (C=O) groups excluding carboxylic acids is 1. The second kappa shape index (κ2) is 7.90. The number of aromatic nitrogens is 1. The zero-order chi connectivity index (χ0) is 17.9. The standard InChI is InChI=1S/C19H26N2O2S/c1-12(2)16(22)11-17(23)21(5)14(4)18-13(3)20-19(24-18)15-9-7-6-8-10-15/h6-10,12,14,16,22H,11H2,1-5H3. The van der Waals surface area contributed by atoms with E-state index in [1.807, 2.05) is 58.0 Å². The van der Waals surface area contributed by atoms with Crippen LogP contribution < -0.4 is 0 Å². The van der Waals surface area contributed by atoms with E-state index in [1.54, 1.807) is 23.3 Å². The van der Waals surface area contributed by atoms with Crippen molar-refractivity contribution in [3.8, 4) is 10.6 Å². The van der Waals surface area contributed by atoms with Crippen molar-refractivity contribution in [3.05, 3.63) is 40.9 Å². The van der Waals surface area contributed by atoms with Gasteiger partial charge >= 0.3 is 0 Å². The largest absolute Gasteiger partial charge is 0.392 e. The van der Waals surface area contributed by atoms with Crippen LogP contribution in [-0.4, -0.2) is 34.0 Å². The van der Waals surface area contributed by atoms with E-state index in [0.29, 0.717) is 0 Å². The summed E-state index contributed by atoms with van der Waals surface area (Å²) < 4.78 is 0. The Morgan fingerprint density at radius 2 is 1.88 bits per heavy atom. The summed E-state index contributed by atoms with van der Waals surface area (Å²) in [6.45, 7) is 7.83. The topological polar surface area (TPSA) is 53.4 Å². The summed E-state index contributed by atoms with van der Waals surface area (Å²) in [5.74, 6) is 0.0326. The van der Waals surface area contributed by atoms with Crippen molar-refractivity contribution >= 4 is 17.2 Å². The Hall–Kier alpha value is -1.72. The van der Waals surface area contributed by atoms with Crippen molar-refractivity contribution in [2.75, 3.05) is 7.05 Å². The van der Waals surface area contributed by atoms with Crippen LogP contribution in [-0.2, 0) is 4.79 Å². The number of carbonyl (C=O) groups is 1. The van der Waals surface area contributed by atoms with Crippen LogP contribution in [0.4, 0.5) is 0 Å². The second-order valence-corrected chi connectivity index (χ2v) is 7.56. The monoisotopic (exact) mass is 346 g/mol. The maximum absolute atomic E-state index is 12.4. The molecule has 0 radical (unpaired) electrons. The number of hydrogen-bond acceptors (Lipinski definition) is 4. The van der Waals surface area contributed by atoms with Gasteiger partial charge in [0, 0.05) is 12.6 Å². The smallest absolute Gasteiger partial charge is 0.225 e. The van der Waals surface area contributed by atoms with Gasteiger partial charge in [-0.25, -0.2) is 4.98 Å². The van der Waals surface area contributed by atoms with Crippen LogP contribution in [0.3, 0.4) is 0 Å². The van der Waals surface area contributed by atoms with Crippen LogP contribution in [0.2, 0.25) is 0 Å². The molecule has 5 heteroatoms. The molecule has 1 heterocycles. The predicted octanol–water partition coefficient (Wildman–Crippen LogP) is 4.04. The number of aliphatic hydroxyl groups excluding tert-OH is 1. The molecule has 130 valence electrons. The Kier molecular flexibility index (Phi) is 6.13. The van der Waals surface area contributed by atoms with Gasteiger partial charge in [0.05, 0.1) is 29.1 Å². The average molecular weight is 346 g/mol. The van der Waals surface area contributed by atoms with Gasteiger partial charge in [-0.15, -0.1) is 11.3 Å². The van der Waals surface area contributed by atoms with Crippen LogP contribution in [0.25, 0.3) is 10.6 Å². The van der Waals surface area contributed by atoms with Crippen molar-refractivity contribution in [1.82, 2.24) is 9.88 Å². The molecular formula is C19H26N2O2S. The lowest BCUT2D eigenvalue weighted by atomic mass is 10.0. The molecule has 4 nitrogen and oxygen atoms in total. The van der Waals surface area contributed by atoms with Crippen LogP contribution in [0.5, 0.6) is 0 Å². The molecule has 0 spiro atoms. The molecule has 0 saturated heterocycles. The Balaban J connectivity index is 2.16. The molecule has 0 aliphatic rings. The van der Waals surface area contributed by atoms with E-state index in [1.165, 1.54) is 0 Å². The Morgan fingerprint density at radius 3 is 2.46 bits per heavy atom. The van der Waals surface area contributed by atoms with Crippen molar-refractivity contribution < 1.29 is 9.90 Å². The molecule has 2 rings (SSSR count). The highest BCUT2D eigenvalue weighted by Gasteiger charge is 2.24. The SMILES string of the molecule is Cc1nc(-c2ccccc2)sc1C(C)N(C)C(=O)CC(O)C(C)C. The minimum absolute atomic E-state index is 0.0437. The number of hydrogen-bond donors (Lipinski definition) is 1. The highest BCUT2D eigenvalue weighted by atomic mass is 32.1. The Bertz CT molecular complexity index is 682. The minimum atomic E-state index is -0.602. The summed E-state index contributed by atoms with van der Waals surface area (Å²) >= 11 is 1.62. The third-order valence-electron chi connectivity index (χ3n) is 4.36. The zero-order valence-corrected chi connectivity index (χ0v) is 15.8. The minimum Gasteiger partial charge on any atom is -0.392 e. The molecule has 0 aliphatic heterocycles. The van der Waals surface area contributed by atoms with Crippen LogP contribution in [0.15, 0.2) is 30.3 Å². The van der Waals surface area contributed by atoms with Gasteiger partial charge in [0.2, 0.25) is 5.91 Å². The average Bonchev–Trinajstić information content (AvgIpc) is 2.95. The fraction of sp³-hybridized carbons (Fsp3) is 0.474. The first-order chi connectivity index (χ1) is 11.3. The van der Waals surface area contributed by atoms with E-state index in [4.69, 9.17) is 0 Å². The lowest BCUT2D eigenvalue weighted by Crippen LogP contribution is -2.33. The third kappa shape index (κ3) is 4.22. The maximum atomic E-state index is 12.4. The van der Waals surface area contributed by atoms with Crippen LogP contribution in [0, 0.1) is 12.8 Å². The van der Waals surface area contributed by atoms with Gasteiger partial charge in [-0.1, -0.05) is 44.2 Å². The first-order valence-electron chi connectivity index (χ1n) is 8.27. The van der Waals surface area contributed by atoms with E-state index in [9.17, 15) is 9.90 Å². The van der Waals surface area contributed by atoms with Gasteiger partial charge in [-0.2, -0.15) is 0 Å². The highest BCUT2D eigenvalue weighted by Crippen LogP contribution is 2.34. The number of rotatable bonds is 6. The first kappa shape index (κ1) is 18.6. The molecule has 24 heavy (non-hydrogen) atoms. The quantitative estimate of drug-likeness (QED) is 0.859. The summed E-state index contributed by atoms with van der Waals surface area (Å²) in [6.07, 6.45) is -0.448. The van der Waals surface area contributed by atoms with Crippen LogP contribution in [0.1, 0.15) is 43.8 Å². The molecule has 0 fully saturated rings. The first-order valence-corrected chi connectivity index (χ1v) is 9.09. The molecule has 1 N–H and O–H groups in total. The van der Waals surface area contributed by atoms with Gasteiger partial charge in [0.25, 0.3) is 0 Å². The fourth-order valence-electron chi connectivity index (χ4n) is 2.45. The van der Waals surface area contributed by atoms with Crippen molar-refractivity contribution in [1.29, 1.82) is 0 Å². The highest BCUT2D eigenvalue weighted by molar-refractivity contribution is 7.15. The Labute approximate surface area is 148 Å². The molecule has 0 bridgehead atoms. The number of benzene rings is 1. The number of amides is 1. The number of aliphatic hydroxyl groups is 1. The van der Waals surface area contributed by atoms with Crippen LogP contribution >= 0.6 is 11.3 Å². The van der Waals surface area contributed by atoms with E-state index in [0.717, 1.165) is 21.1 Å². The maximum Gasteiger partial charge on any atom is 0.225 e. The summed E-state index contributed by atoms with van der Waals surface area (Å²) in [4.78, 5) is 19.9. The molecule has 1 aromatic heterocycles. The van der Waals surface area contributed by atoms with E-state index in [2.05, 4.69) is 4.98 Å². The van der Waals surface area contributed by atoms with Gasteiger partial charge in [0.1, 0.15) is 5.01 Å². The molecule has 0 aliphatic carbocycles. The second-order valence-electron chi connectivity index (χ2n) is 6.53. The molecule has 1 amide bonds. The van der Waals surface area contributed by atoms with Gasteiger partial charge in [-0.3, -0.25) is 4.79 Å². The van der Waals surface area contributed by atoms with E-state index >= 15 is 0 Å². The molecule has 0 saturated carbocycles. The summed E-state index contributed by atoms with van der Waals surface area (Å²) in [7, 11) is 1.79. The number of aryl methyl sites for hydroxylation is 1. The number of nitrogens with zero attached hydrogens (tertiary/aromatic N) is 2. The zero-order valence-electron chi connectivity index (χ0n) is 15.0. The predicted molar refractivity (Wildman–Crippen MR) is 98.9 cm³/mol. The van der Waals surface area contributed by atoms with Gasteiger partial charge in [0.15, 0.2) is 0 Å². The van der Waals surface area contributed by atoms with E-state index in [-0.39, 0.29) is 24.3 Å². The van der Waals surface area contributed by atoms with E-state index < -0.39 is 6.10 Å². The van der Waals surface area contributed by atoms with Crippen molar-refractivity contribution in [3.63, 3.8) is 0 Å². The molecule has 1 aromatic carbocycles. The van der Waals surface area contributed by atoms with Crippen molar-refractivity contribution in [2.45, 2.75) is 46.3 Å². The van der Waals surface area contributed by atoms with Gasteiger partial charge < -0.3 is 10.0 Å². The fourth-order valence-corrected chi connectivity index (χ4v) is 3.62. The van der Waals surface area contributed by atoms with Crippen molar-refractivity contribution in [2.24, 2.45) is 5.92 Å². The molecule has 2 aromatic rings. The lowest BCUT2D eigenvalue weighted by Gasteiger charge is -2.26. The lowest BCUT2D eigenvalue weighted by molar-refractivity contribution is -0.134. The summed E-state index contributed by atoms with van der Waals surface area (Å²) in [6, 6.07) is 10.0. The van der Waals surface area contributed by atoms with Gasteiger partial charge in [-0.05, 0) is 19.8 Å². The summed E-state index contributed by atoms with van der Waals surface area (Å²) in [5, 5.41) is 10.9. The normalized spacial score (nSPS) is 13.8.